The Morgan fingerprint density at radius 2 is 1.94 bits per heavy atom. The van der Waals surface area contributed by atoms with Crippen molar-refractivity contribution in [3.63, 3.8) is 0 Å². The number of ether oxygens (including phenoxy) is 1. The maximum atomic E-state index is 14.5. The summed E-state index contributed by atoms with van der Waals surface area (Å²) in [5, 5.41) is 0.113. The van der Waals surface area contributed by atoms with Crippen LogP contribution in [0.1, 0.15) is 12.6 Å². The second-order valence-electron chi connectivity index (χ2n) is 6.20. The molecule has 3 rings (SSSR count). The Labute approximate surface area is 171 Å². The van der Waals surface area contributed by atoms with Crippen LogP contribution in [0.25, 0.3) is 11.0 Å². The molecule has 1 fully saturated rings. The number of nitrogens with zero attached hydrogens (tertiary/aromatic N) is 2. The summed E-state index contributed by atoms with van der Waals surface area (Å²) >= 11 is 0. The highest BCUT2D eigenvalue weighted by atomic mass is 31.3. The van der Waals surface area contributed by atoms with Crippen molar-refractivity contribution in [2.45, 2.75) is 24.9 Å². The van der Waals surface area contributed by atoms with E-state index in [-0.39, 0.29) is 23.4 Å². The molecular weight excluding hydrogens is 492 g/mol. The Balaban J connectivity index is 1.67. The quantitative estimate of drug-likeness (QED) is 0.262. The van der Waals surface area contributed by atoms with E-state index < -0.39 is 54.1 Å². The fourth-order valence-electron chi connectivity index (χ4n) is 2.80. The van der Waals surface area contributed by atoms with E-state index in [1.807, 2.05) is 0 Å². The third-order valence-corrected chi connectivity index (χ3v) is 7.65. The number of aromatic nitrogens is 3. The van der Waals surface area contributed by atoms with Gasteiger partial charge in [0.05, 0.1) is 18.1 Å². The summed E-state index contributed by atoms with van der Waals surface area (Å²) in [5.41, 5.74) is 4.96. The second-order valence-corrected chi connectivity index (χ2v) is 10.6. The van der Waals surface area contributed by atoms with E-state index in [1.54, 1.807) is 0 Å². The molecule has 2 aromatic heterocycles. The molecule has 5 atom stereocenters. The number of nitrogen functional groups attached to an aromatic ring is 1. The van der Waals surface area contributed by atoms with Gasteiger partial charge in [-0.15, -0.1) is 0 Å². The third kappa shape index (κ3) is 6.06. The molecule has 2 aromatic rings. The van der Waals surface area contributed by atoms with Gasteiger partial charge in [0.1, 0.15) is 6.17 Å². The highest BCUT2D eigenvalue weighted by Gasteiger charge is 2.43. The average Bonchev–Trinajstić information content (AvgIpc) is 3.12. The van der Waals surface area contributed by atoms with Crippen LogP contribution in [-0.2, 0) is 31.6 Å². The van der Waals surface area contributed by atoms with Crippen LogP contribution in [0.3, 0.4) is 0 Å². The van der Waals surface area contributed by atoms with Gasteiger partial charge in [-0.2, -0.15) is 13.6 Å². The molecule has 0 bridgehead atoms. The minimum Gasteiger partial charge on any atom is -0.369 e. The molecule has 0 saturated carbocycles. The van der Waals surface area contributed by atoms with E-state index in [4.69, 9.17) is 25.2 Å². The maximum Gasteiger partial charge on any atom is 0.490 e. The van der Waals surface area contributed by atoms with Gasteiger partial charge >= 0.3 is 23.5 Å². The number of nitrogens with one attached hydrogen (secondary N) is 1. The lowest BCUT2D eigenvalue weighted by Gasteiger charge is -2.19. The average molecular weight is 508 g/mol. The van der Waals surface area contributed by atoms with E-state index in [0.717, 1.165) is 0 Å². The van der Waals surface area contributed by atoms with Gasteiger partial charge in [0, 0.05) is 12.6 Å². The third-order valence-electron chi connectivity index (χ3n) is 3.84. The number of nitrogens with two attached hydrogens (primary N) is 1. The zero-order valence-corrected chi connectivity index (χ0v) is 17.7. The molecule has 0 amide bonds. The number of hydrogen-bond donors (Lipinski definition) is 6. The standard InChI is InChI=1S/C11H16FN4O12P3/c12-7-3-5(4-25-30(21,22)28-31(23,24)27-29(18,19)20)26-10(7)16-2-1-6-8(16)14-11(13)15-9(6)17/h1-2,5,7,10H,3-4H2,(H,21,22)(H,23,24)(H2,18,19,20)(H3,13,14,15,17)/t5-,7-,10+/m0/s1. The molecule has 20 heteroatoms. The van der Waals surface area contributed by atoms with Crippen molar-refractivity contribution >= 4 is 40.4 Å². The molecule has 7 N–H and O–H groups in total. The largest absolute Gasteiger partial charge is 0.490 e. The van der Waals surface area contributed by atoms with Crippen molar-refractivity contribution in [1.82, 2.24) is 14.5 Å². The summed E-state index contributed by atoms with van der Waals surface area (Å²) in [6.45, 7) is -0.810. The number of halogens is 1. The lowest BCUT2D eigenvalue weighted by atomic mass is 10.2. The Kier molecular flexibility index (Phi) is 6.60. The fraction of sp³-hybridized carbons (Fsp3) is 0.455. The number of rotatable bonds is 8. The number of hydrogen-bond acceptors (Lipinski definition) is 10. The minimum atomic E-state index is -5.67. The predicted octanol–water partition coefficient (Wildman–Crippen LogP) is 0.276. The van der Waals surface area contributed by atoms with Crippen LogP contribution < -0.4 is 11.3 Å². The lowest BCUT2D eigenvalue weighted by Crippen LogP contribution is -2.19. The smallest absolute Gasteiger partial charge is 0.369 e. The number of alkyl halides is 1. The van der Waals surface area contributed by atoms with Crippen molar-refractivity contribution in [2.24, 2.45) is 0 Å². The number of phosphoric acid groups is 3. The highest BCUT2D eigenvalue weighted by Crippen LogP contribution is 2.66. The molecule has 0 radical (unpaired) electrons. The van der Waals surface area contributed by atoms with Crippen LogP contribution in [-0.4, -0.2) is 53.0 Å². The van der Waals surface area contributed by atoms with Gasteiger partial charge in [0.15, 0.2) is 11.9 Å². The lowest BCUT2D eigenvalue weighted by molar-refractivity contribution is -0.0343. The van der Waals surface area contributed by atoms with Gasteiger partial charge in [0.25, 0.3) is 5.56 Å². The van der Waals surface area contributed by atoms with Gasteiger partial charge in [-0.1, -0.05) is 0 Å². The molecule has 3 heterocycles. The van der Waals surface area contributed by atoms with Crippen molar-refractivity contribution in [3.8, 4) is 0 Å². The van der Waals surface area contributed by atoms with Crippen LogP contribution >= 0.6 is 23.5 Å². The normalized spacial score (nSPS) is 26.0. The van der Waals surface area contributed by atoms with Crippen LogP contribution in [0.5, 0.6) is 0 Å². The zero-order valence-electron chi connectivity index (χ0n) is 15.0. The molecule has 174 valence electrons. The van der Waals surface area contributed by atoms with E-state index in [9.17, 15) is 27.8 Å². The maximum absolute atomic E-state index is 14.5. The summed E-state index contributed by atoms with van der Waals surface area (Å²) in [4.78, 5) is 53.6. The monoisotopic (exact) mass is 508 g/mol. The number of anilines is 1. The van der Waals surface area contributed by atoms with Gasteiger partial charge in [-0.3, -0.25) is 14.3 Å². The SMILES string of the molecule is Nc1nc2c(ccn2[C@@H]2O[C@H](COP(=O)(O)OP(=O)(O)OP(=O)(O)O)C[C@@H]2F)c(=O)[nH]1. The summed E-state index contributed by atoms with van der Waals surface area (Å²) in [6.07, 6.45) is -3.15. The van der Waals surface area contributed by atoms with Crippen LogP contribution in [0.2, 0.25) is 0 Å². The van der Waals surface area contributed by atoms with Crippen molar-refractivity contribution in [1.29, 1.82) is 0 Å². The predicted molar refractivity (Wildman–Crippen MR) is 98.0 cm³/mol. The fourth-order valence-corrected chi connectivity index (χ4v) is 5.85. The molecule has 1 aliphatic rings. The molecule has 0 aromatic carbocycles. The van der Waals surface area contributed by atoms with Crippen molar-refractivity contribution in [3.05, 3.63) is 22.6 Å². The van der Waals surface area contributed by atoms with E-state index in [2.05, 4.69) is 23.1 Å². The van der Waals surface area contributed by atoms with Crippen molar-refractivity contribution < 1.29 is 55.5 Å². The van der Waals surface area contributed by atoms with E-state index in [0.29, 0.717) is 0 Å². The van der Waals surface area contributed by atoms with Gasteiger partial charge in [-0.05, 0) is 6.07 Å². The summed E-state index contributed by atoms with van der Waals surface area (Å²) in [5.74, 6) is -0.213. The molecule has 1 aliphatic heterocycles. The van der Waals surface area contributed by atoms with E-state index >= 15 is 0 Å². The van der Waals surface area contributed by atoms with Gasteiger partial charge < -0.3 is 34.6 Å². The topological polar surface area (TPSA) is 246 Å². The first-order valence-electron chi connectivity index (χ1n) is 8.10. The molecule has 16 nitrogen and oxygen atoms in total. The van der Waals surface area contributed by atoms with Crippen LogP contribution in [0.4, 0.5) is 10.3 Å². The summed E-state index contributed by atoms with van der Waals surface area (Å²) in [7, 11) is -16.6. The van der Waals surface area contributed by atoms with Crippen LogP contribution in [0.15, 0.2) is 17.1 Å². The minimum absolute atomic E-state index is 0.0300. The zero-order chi connectivity index (χ0) is 23.2. The summed E-state index contributed by atoms with van der Waals surface area (Å²) < 4.78 is 66.3. The first kappa shape index (κ1) is 24.2. The first-order valence-corrected chi connectivity index (χ1v) is 12.6. The molecule has 0 aliphatic carbocycles. The highest BCUT2D eigenvalue weighted by molar-refractivity contribution is 7.66. The Hall–Kier alpha value is -1.48. The van der Waals surface area contributed by atoms with Crippen LogP contribution in [0, 0.1) is 0 Å². The number of H-pyrrole nitrogens is 1. The molecule has 0 spiro atoms. The van der Waals surface area contributed by atoms with Gasteiger partial charge in [-0.25, -0.2) is 18.1 Å². The Bertz CT molecular complexity index is 1180. The summed E-state index contributed by atoms with van der Waals surface area (Å²) in [6, 6.07) is 1.36. The molecule has 31 heavy (non-hydrogen) atoms. The molecular formula is C11H16FN4O12P3. The van der Waals surface area contributed by atoms with Crippen molar-refractivity contribution in [2.75, 3.05) is 12.3 Å². The number of fused-ring (bicyclic) bond motifs is 1. The Morgan fingerprint density at radius 1 is 1.26 bits per heavy atom. The second kappa shape index (κ2) is 8.46. The number of phosphoric ester groups is 1. The molecule has 2 unspecified atom stereocenters. The Morgan fingerprint density at radius 3 is 2.58 bits per heavy atom. The van der Waals surface area contributed by atoms with E-state index in [1.165, 1.54) is 16.8 Å². The first-order chi connectivity index (χ1) is 14.2. The number of aromatic amines is 1. The molecule has 1 saturated heterocycles. The van der Waals surface area contributed by atoms with Gasteiger partial charge in [0.2, 0.25) is 5.95 Å².